The summed E-state index contributed by atoms with van der Waals surface area (Å²) in [5.41, 5.74) is 6.29. The van der Waals surface area contributed by atoms with Crippen LogP contribution in [0.25, 0.3) is 0 Å². The molecular weight excluding hydrogens is 249 g/mol. The van der Waals surface area contributed by atoms with Gasteiger partial charge in [-0.15, -0.1) is 0 Å². The predicted molar refractivity (Wildman–Crippen MR) is 66.4 cm³/mol. The van der Waals surface area contributed by atoms with E-state index in [0.717, 1.165) is 0 Å². The van der Waals surface area contributed by atoms with E-state index in [0.29, 0.717) is 28.5 Å². The van der Waals surface area contributed by atoms with Crippen LogP contribution in [0.3, 0.4) is 0 Å². The molecule has 0 spiro atoms. The standard InChI is InChI=1S/C11H15ClFNOS/c1-8(14)4-5-16(15)7-9-2-3-10(13)6-11(9)12/h2-3,6,8H,4-5,7,14H2,1H3. The van der Waals surface area contributed by atoms with Crippen molar-refractivity contribution < 1.29 is 8.60 Å². The summed E-state index contributed by atoms with van der Waals surface area (Å²) in [4.78, 5) is 0. The third-order valence-electron chi connectivity index (χ3n) is 2.13. The molecule has 16 heavy (non-hydrogen) atoms. The van der Waals surface area contributed by atoms with Crippen LogP contribution in [0, 0.1) is 5.82 Å². The first kappa shape index (κ1) is 13.6. The van der Waals surface area contributed by atoms with Crippen LogP contribution in [-0.2, 0) is 16.6 Å². The lowest BCUT2D eigenvalue weighted by Crippen LogP contribution is -2.18. The number of benzene rings is 1. The molecule has 0 saturated heterocycles. The van der Waals surface area contributed by atoms with Gasteiger partial charge in [0.1, 0.15) is 5.82 Å². The molecule has 2 atom stereocenters. The van der Waals surface area contributed by atoms with E-state index in [1.54, 1.807) is 6.07 Å². The second kappa shape index (κ2) is 6.33. The monoisotopic (exact) mass is 263 g/mol. The summed E-state index contributed by atoms with van der Waals surface area (Å²) < 4.78 is 24.4. The van der Waals surface area contributed by atoms with E-state index < -0.39 is 10.8 Å². The largest absolute Gasteiger partial charge is 0.328 e. The second-order valence-corrected chi connectivity index (χ2v) is 5.77. The van der Waals surface area contributed by atoms with Gasteiger partial charge in [0.25, 0.3) is 0 Å². The Morgan fingerprint density at radius 3 is 2.81 bits per heavy atom. The van der Waals surface area contributed by atoms with Crippen LogP contribution in [0.15, 0.2) is 18.2 Å². The van der Waals surface area contributed by atoms with Crippen molar-refractivity contribution in [3.8, 4) is 0 Å². The highest BCUT2D eigenvalue weighted by Gasteiger charge is 2.07. The summed E-state index contributed by atoms with van der Waals surface area (Å²) in [5, 5.41) is 0.328. The molecule has 1 aromatic rings. The fourth-order valence-electron chi connectivity index (χ4n) is 1.20. The molecular formula is C11H15ClFNOS. The lowest BCUT2D eigenvalue weighted by molar-refractivity contribution is 0.627. The van der Waals surface area contributed by atoms with Gasteiger partial charge in [0.2, 0.25) is 0 Å². The maximum Gasteiger partial charge on any atom is 0.124 e. The SMILES string of the molecule is CC(N)CCS(=O)Cc1ccc(F)cc1Cl. The molecule has 0 heterocycles. The molecule has 0 aromatic heterocycles. The molecule has 1 rings (SSSR count). The second-order valence-electron chi connectivity index (χ2n) is 3.79. The first-order valence-corrected chi connectivity index (χ1v) is 6.90. The Bertz CT molecular complexity index is 384. The minimum atomic E-state index is -0.995. The van der Waals surface area contributed by atoms with Crippen molar-refractivity contribution in [1.29, 1.82) is 0 Å². The van der Waals surface area contributed by atoms with Gasteiger partial charge < -0.3 is 5.73 Å². The Morgan fingerprint density at radius 1 is 1.56 bits per heavy atom. The third-order valence-corrected chi connectivity index (χ3v) is 3.81. The number of rotatable bonds is 5. The highest BCUT2D eigenvalue weighted by atomic mass is 35.5. The zero-order chi connectivity index (χ0) is 12.1. The smallest absolute Gasteiger partial charge is 0.124 e. The van der Waals surface area contributed by atoms with Crippen molar-refractivity contribution in [1.82, 2.24) is 0 Å². The van der Waals surface area contributed by atoms with Gasteiger partial charge in [-0.1, -0.05) is 17.7 Å². The Hall–Kier alpha value is -0.450. The molecule has 0 aliphatic heterocycles. The Balaban J connectivity index is 2.56. The van der Waals surface area contributed by atoms with E-state index in [4.69, 9.17) is 17.3 Å². The van der Waals surface area contributed by atoms with Gasteiger partial charge in [0.05, 0.1) is 0 Å². The normalized spacial score (nSPS) is 14.8. The number of halogens is 2. The molecule has 2 unspecified atom stereocenters. The topological polar surface area (TPSA) is 43.1 Å². The van der Waals surface area contributed by atoms with Gasteiger partial charge in [-0.25, -0.2) is 4.39 Å². The Labute approximate surface area is 102 Å². The average Bonchev–Trinajstić information content (AvgIpc) is 2.19. The fourth-order valence-corrected chi connectivity index (χ4v) is 2.89. The van der Waals surface area contributed by atoms with Gasteiger partial charge in [0, 0.05) is 33.4 Å². The van der Waals surface area contributed by atoms with Crippen LogP contribution in [0.5, 0.6) is 0 Å². The van der Waals surface area contributed by atoms with Gasteiger partial charge in [-0.2, -0.15) is 0 Å². The van der Waals surface area contributed by atoms with Crippen LogP contribution in [0.2, 0.25) is 5.02 Å². The van der Waals surface area contributed by atoms with Gasteiger partial charge >= 0.3 is 0 Å². The van der Waals surface area contributed by atoms with Crippen molar-refractivity contribution in [3.63, 3.8) is 0 Å². The zero-order valence-electron chi connectivity index (χ0n) is 9.08. The third kappa shape index (κ3) is 4.60. The summed E-state index contributed by atoms with van der Waals surface area (Å²) in [5.74, 6) is 0.520. The summed E-state index contributed by atoms with van der Waals surface area (Å²) in [6, 6.07) is 4.18. The highest BCUT2D eigenvalue weighted by molar-refractivity contribution is 7.84. The Kier molecular flexibility index (Phi) is 5.38. The molecule has 0 fully saturated rings. The molecule has 0 radical (unpaired) electrons. The van der Waals surface area contributed by atoms with E-state index in [1.165, 1.54) is 12.1 Å². The molecule has 90 valence electrons. The molecule has 0 aliphatic rings. The van der Waals surface area contributed by atoms with Crippen molar-refractivity contribution in [2.75, 3.05) is 5.75 Å². The molecule has 0 saturated carbocycles. The summed E-state index contributed by atoms with van der Waals surface area (Å²) in [6.45, 7) is 1.88. The van der Waals surface area contributed by atoms with Crippen LogP contribution in [0.1, 0.15) is 18.9 Å². The summed E-state index contributed by atoms with van der Waals surface area (Å²) >= 11 is 5.84. The lowest BCUT2D eigenvalue weighted by Gasteiger charge is -2.06. The van der Waals surface area contributed by atoms with Crippen LogP contribution in [0.4, 0.5) is 4.39 Å². The predicted octanol–water partition coefficient (Wildman–Crippen LogP) is 2.47. The van der Waals surface area contributed by atoms with Crippen molar-refractivity contribution in [2.24, 2.45) is 5.73 Å². The first-order valence-electron chi connectivity index (χ1n) is 5.03. The fraction of sp³-hybridized carbons (Fsp3) is 0.455. The van der Waals surface area contributed by atoms with Crippen molar-refractivity contribution in [3.05, 3.63) is 34.6 Å². The minimum Gasteiger partial charge on any atom is -0.328 e. The van der Waals surface area contributed by atoms with Crippen LogP contribution in [-0.4, -0.2) is 16.0 Å². The quantitative estimate of drug-likeness (QED) is 0.887. The first-order chi connectivity index (χ1) is 7.49. The van der Waals surface area contributed by atoms with E-state index >= 15 is 0 Å². The molecule has 2 nitrogen and oxygen atoms in total. The molecule has 1 aromatic carbocycles. The molecule has 0 aliphatic carbocycles. The lowest BCUT2D eigenvalue weighted by atomic mass is 10.2. The summed E-state index contributed by atoms with van der Waals surface area (Å²) in [6.07, 6.45) is 0.714. The van der Waals surface area contributed by atoms with Crippen LogP contribution >= 0.6 is 11.6 Å². The van der Waals surface area contributed by atoms with Gasteiger partial charge in [0.15, 0.2) is 0 Å². The zero-order valence-corrected chi connectivity index (χ0v) is 10.7. The minimum absolute atomic E-state index is 0.0487. The maximum absolute atomic E-state index is 12.8. The molecule has 2 N–H and O–H groups in total. The van der Waals surface area contributed by atoms with Crippen LogP contribution < -0.4 is 5.73 Å². The number of nitrogens with two attached hydrogens (primary N) is 1. The van der Waals surface area contributed by atoms with Crippen molar-refractivity contribution in [2.45, 2.75) is 25.1 Å². The molecule has 0 bridgehead atoms. The number of hydrogen-bond donors (Lipinski definition) is 1. The van der Waals surface area contributed by atoms with E-state index in [1.807, 2.05) is 6.92 Å². The van der Waals surface area contributed by atoms with E-state index in [9.17, 15) is 8.60 Å². The number of hydrogen-bond acceptors (Lipinski definition) is 2. The van der Waals surface area contributed by atoms with Gasteiger partial charge in [-0.05, 0) is 31.0 Å². The van der Waals surface area contributed by atoms with E-state index in [2.05, 4.69) is 0 Å². The van der Waals surface area contributed by atoms with E-state index in [-0.39, 0.29) is 11.9 Å². The summed E-state index contributed by atoms with van der Waals surface area (Å²) in [7, 11) is -0.995. The molecule has 5 heteroatoms. The Morgan fingerprint density at radius 2 is 2.25 bits per heavy atom. The van der Waals surface area contributed by atoms with Gasteiger partial charge in [-0.3, -0.25) is 4.21 Å². The van der Waals surface area contributed by atoms with Crippen molar-refractivity contribution >= 4 is 22.4 Å². The maximum atomic E-state index is 12.8. The molecule has 0 amide bonds. The highest BCUT2D eigenvalue weighted by Crippen LogP contribution is 2.19. The average molecular weight is 264 g/mol.